The maximum absolute atomic E-state index is 12.2. The topological polar surface area (TPSA) is 98.2 Å². The van der Waals surface area contributed by atoms with Crippen LogP contribution in [0.15, 0.2) is 70.8 Å². The van der Waals surface area contributed by atoms with Gasteiger partial charge in [-0.1, -0.05) is 29.4 Å². The van der Waals surface area contributed by atoms with E-state index in [-0.39, 0.29) is 5.89 Å². The number of benzene rings is 1. The fourth-order valence-corrected chi connectivity index (χ4v) is 3.52. The molecular weight excluding hydrogens is 388 g/mol. The molecule has 0 fully saturated rings. The number of hydrogen-bond acceptors (Lipinski definition) is 7. The number of carbonyl (C=O) groups excluding carboxylic acids is 1. The molecule has 0 atom stereocenters. The average Bonchev–Trinajstić information content (AvgIpc) is 3.52. The molecule has 0 saturated carbocycles. The second-order valence-corrected chi connectivity index (χ2v) is 7.25. The first-order valence-corrected chi connectivity index (χ1v) is 9.70. The lowest BCUT2D eigenvalue weighted by Crippen LogP contribution is -2.22. The number of aromatic nitrogens is 5. The summed E-state index contributed by atoms with van der Waals surface area (Å²) in [6, 6.07) is 15.2. The lowest BCUT2D eigenvalue weighted by molar-refractivity contribution is 0.0907. The van der Waals surface area contributed by atoms with E-state index in [0.717, 1.165) is 27.3 Å². The van der Waals surface area contributed by atoms with Gasteiger partial charge in [-0.15, -0.1) is 11.3 Å². The summed E-state index contributed by atoms with van der Waals surface area (Å²) in [4.78, 5) is 22.1. The third-order valence-electron chi connectivity index (χ3n) is 4.28. The van der Waals surface area contributed by atoms with Crippen LogP contribution in [-0.2, 0) is 6.54 Å². The van der Waals surface area contributed by atoms with Crippen molar-refractivity contribution < 1.29 is 9.32 Å². The van der Waals surface area contributed by atoms with Crippen LogP contribution in [0.5, 0.6) is 0 Å². The molecule has 0 radical (unpaired) electrons. The van der Waals surface area contributed by atoms with Crippen LogP contribution in [-0.4, -0.2) is 30.6 Å². The molecule has 4 heterocycles. The number of nitrogens with zero attached hydrogens (tertiary/aromatic N) is 5. The lowest BCUT2D eigenvalue weighted by atomic mass is 10.1. The van der Waals surface area contributed by atoms with Crippen molar-refractivity contribution in [1.29, 1.82) is 0 Å². The fourth-order valence-electron chi connectivity index (χ4n) is 2.88. The highest BCUT2D eigenvalue weighted by Crippen LogP contribution is 2.24. The Balaban J connectivity index is 1.37. The maximum atomic E-state index is 12.2. The first-order valence-electron chi connectivity index (χ1n) is 8.82. The van der Waals surface area contributed by atoms with Gasteiger partial charge in [0.1, 0.15) is 0 Å². The van der Waals surface area contributed by atoms with Crippen molar-refractivity contribution in [3.05, 3.63) is 77.1 Å². The van der Waals surface area contributed by atoms with E-state index in [9.17, 15) is 4.79 Å². The van der Waals surface area contributed by atoms with Crippen LogP contribution in [0.2, 0.25) is 0 Å². The molecule has 8 nitrogen and oxygen atoms in total. The van der Waals surface area contributed by atoms with Gasteiger partial charge in [-0.05, 0) is 29.6 Å². The first-order chi connectivity index (χ1) is 14.3. The monoisotopic (exact) mass is 402 g/mol. The van der Waals surface area contributed by atoms with Gasteiger partial charge in [0.2, 0.25) is 5.82 Å². The number of fused-ring (bicyclic) bond motifs is 1. The molecular formula is C20H14N6O2S. The number of hydrogen-bond donors (Lipinski definition) is 1. The van der Waals surface area contributed by atoms with Crippen molar-refractivity contribution in [3.63, 3.8) is 0 Å². The Bertz CT molecular complexity index is 1260. The maximum Gasteiger partial charge on any atom is 0.316 e. The Kier molecular flexibility index (Phi) is 4.34. The van der Waals surface area contributed by atoms with Crippen molar-refractivity contribution in [2.45, 2.75) is 6.54 Å². The summed E-state index contributed by atoms with van der Waals surface area (Å²) in [7, 11) is 0. The minimum atomic E-state index is -0.403. The highest BCUT2D eigenvalue weighted by molar-refractivity contribution is 7.09. The smallest absolute Gasteiger partial charge is 0.316 e. The van der Waals surface area contributed by atoms with Crippen molar-refractivity contribution in [3.8, 4) is 22.6 Å². The van der Waals surface area contributed by atoms with Crippen molar-refractivity contribution >= 4 is 22.9 Å². The fraction of sp³-hybridized carbons (Fsp3) is 0.0500. The summed E-state index contributed by atoms with van der Waals surface area (Å²) in [5.74, 6) is -0.131. The Morgan fingerprint density at radius 3 is 2.90 bits per heavy atom. The molecule has 0 bridgehead atoms. The molecule has 5 rings (SSSR count). The quantitative estimate of drug-likeness (QED) is 0.484. The van der Waals surface area contributed by atoms with Crippen molar-refractivity contribution in [1.82, 2.24) is 30.1 Å². The summed E-state index contributed by atoms with van der Waals surface area (Å²) in [5, 5.41) is 12.9. The van der Waals surface area contributed by atoms with Crippen LogP contribution >= 0.6 is 11.3 Å². The summed E-state index contributed by atoms with van der Waals surface area (Å²) >= 11 is 1.57. The summed E-state index contributed by atoms with van der Waals surface area (Å²) < 4.78 is 6.86. The van der Waals surface area contributed by atoms with Gasteiger partial charge in [0.25, 0.3) is 0 Å². The number of nitrogens with one attached hydrogen (secondary N) is 1. The van der Waals surface area contributed by atoms with Gasteiger partial charge in [-0.25, -0.2) is 9.50 Å². The third kappa shape index (κ3) is 3.50. The molecule has 1 N–H and O–H groups in total. The number of thiophene rings is 1. The second kappa shape index (κ2) is 7.28. The highest BCUT2D eigenvalue weighted by atomic mass is 32.1. The standard InChI is InChI=1S/C20H14N6O2S/c27-19(21-11-15-6-3-9-29-15)20-24-18(25-28-20)14-5-1-4-13(10-14)16-12-26-17(23-16)7-2-8-22-26/h1-10,12H,11H2,(H,21,27). The predicted molar refractivity (Wildman–Crippen MR) is 107 cm³/mol. The molecule has 0 saturated heterocycles. The zero-order valence-corrected chi connectivity index (χ0v) is 15.8. The molecule has 4 aromatic heterocycles. The molecule has 9 heteroatoms. The van der Waals surface area contributed by atoms with Gasteiger partial charge in [-0.2, -0.15) is 10.1 Å². The van der Waals surface area contributed by atoms with Gasteiger partial charge in [0.15, 0.2) is 5.65 Å². The lowest BCUT2D eigenvalue weighted by Gasteiger charge is -1.99. The van der Waals surface area contributed by atoms with Gasteiger partial charge in [0.05, 0.1) is 18.4 Å². The van der Waals surface area contributed by atoms with E-state index in [2.05, 4.69) is 25.5 Å². The molecule has 5 aromatic rings. The first kappa shape index (κ1) is 17.3. The third-order valence-corrected chi connectivity index (χ3v) is 5.15. The molecule has 142 valence electrons. The van der Waals surface area contributed by atoms with Gasteiger partial charge in [0, 0.05) is 22.2 Å². The number of rotatable bonds is 5. The van der Waals surface area contributed by atoms with E-state index in [1.807, 2.05) is 60.1 Å². The molecule has 0 aliphatic carbocycles. The Hall–Kier alpha value is -3.85. The van der Waals surface area contributed by atoms with E-state index in [1.54, 1.807) is 22.0 Å². The normalized spacial score (nSPS) is 11.0. The van der Waals surface area contributed by atoms with E-state index in [0.29, 0.717) is 12.4 Å². The number of imidazole rings is 1. The molecule has 0 aliphatic heterocycles. The van der Waals surface area contributed by atoms with Crippen molar-refractivity contribution in [2.75, 3.05) is 0 Å². The van der Waals surface area contributed by atoms with Crippen LogP contribution in [0.25, 0.3) is 28.3 Å². The largest absolute Gasteiger partial charge is 0.343 e. The Morgan fingerprint density at radius 2 is 2.03 bits per heavy atom. The zero-order valence-electron chi connectivity index (χ0n) is 15.0. The molecule has 1 amide bonds. The Morgan fingerprint density at radius 1 is 1.10 bits per heavy atom. The summed E-state index contributed by atoms with van der Waals surface area (Å²) in [5.41, 5.74) is 3.16. The van der Waals surface area contributed by atoms with Crippen LogP contribution in [0.1, 0.15) is 15.6 Å². The number of carbonyl (C=O) groups is 1. The van der Waals surface area contributed by atoms with Crippen LogP contribution in [0, 0.1) is 0 Å². The molecule has 0 aliphatic rings. The highest BCUT2D eigenvalue weighted by Gasteiger charge is 2.16. The van der Waals surface area contributed by atoms with Gasteiger partial charge >= 0.3 is 11.8 Å². The van der Waals surface area contributed by atoms with Gasteiger partial charge in [-0.3, -0.25) is 4.79 Å². The molecule has 29 heavy (non-hydrogen) atoms. The van der Waals surface area contributed by atoms with Crippen LogP contribution < -0.4 is 5.32 Å². The van der Waals surface area contributed by atoms with Crippen LogP contribution in [0.4, 0.5) is 0 Å². The molecule has 1 aromatic carbocycles. The van der Waals surface area contributed by atoms with E-state index >= 15 is 0 Å². The summed E-state index contributed by atoms with van der Waals surface area (Å²) in [6.07, 6.45) is 3.56. The second-order valence-electron chi connectivity index (χ2n) is 6.22. The summed E-state index contributed by atoms with van der Waals surface area (Å²) in [6.45, 7) is 0.422. The molecule has 0 spiro atoms. The minimum Gasteiger partial charge on any atom is -0.343 e. The van der Waals surface area contributed by atoms with E-state index < -0.39 is 5.91 Å². The van der Waals surface area contributed by atoms with E-state index in [4.69, 9.17) is 4.52 Å². The SMILES string of the molecule is O=C(NCc1cccs1)c1nc(-c2cccc(-c3cn4ncccc4n3)c2)no1. The van der Waals surface area contributed by atoms with Crippen molar-refractivity contribution in [2.24, 2.45) is 0 Å². The zero-order chi connectivity index (χ0) is 19.6. The molecule has 0 unspecified atom stereocenters. The van der Waals surface area contributed by atoms with Crippen LogP contribution in [0.3, 0.4) is 0 Å². The van der Waals surface area contributed by atoms with E-state index in [1.165, 1.54) is 0 Å². The minimum absolute atomic E-state index is 0.0705. The predicted octanol–water partition coefficient (Wildman–Crippen LogP) is 3.44. The average molecular weight is 402 g/mol. The Labute approximate surface area is 168 Å². The van der Waals surface area contributed by atoms with Gasteiger partial charge < -0.3 is 9.84 Å². The number of amides is 1.